The molecule has 0 aliphatic heterocycles. The van der Waals surface area contributed by atoms with Crippen molar-refractivity contribution in [1.29, 1.82) is 0 Å². The molecule has 0 aliphatic rings. The van der Waals surface area contributed by atoms with Crippen LogP contribution in [0.1, 0.15) is 43.9 Å². The summed E-state index contributed by atoms with van der Waals surface area (Å²) in [4.78, 5) is 0. The highest BCUT2D eigenvalue weighted by Crippen LogP contribution is 2.24. The first kappa shape index (κ1) is 15.3. The quantitative estimate of drug-likeness (QED) is 0.823. The number of aromatic nitrogens is 2. The molecule has 0 radical (unpaired) electrons. The summed E-state index contributed by atoms with van der Waals surface area (Å²) in [6.07, 6.45) is 6.35. The van der Waals surface area contributed by atoms with Crippen LogP contribution in [0, 0.1) is 0 Å². The molecule has 3 nitrogen and oxygen atoms in total. The maximum atomic E-state index is 4.45. The van der Waals surface area contributed by atoms with Crippen molar-refractivity contribution in [1.82, 2.24) is 15.1 Å². The number of rotatable bonds is 7. The van der Waals surface area contributed by atoms with Crippen molar-refractivity contribution in [2.75, 3.05) is 6.54 Å². The normalized spacial score (nSPS) is 12.6. The second-order valence-corrected chi connectivity index (χ2v) is 5.89. The summed E-state index contributed by atoms with van der Waals surface area (Å²) in [6.45, 7) is 6.32. The summed E-state index contributed by atoms with van der Waals surface area (Å²) in [5, 5.41) is 8.06. The Morgan fingerprint density at radius 2 is 2.10 bits per heavy atom. The molecule has 20 heavy (non-hydrogen) atoms. The number of nitrogens with one attached hydrogen (secondary N) is 1. The summed E-state index contributed by atoms with van der Waals surface area (Å²) in [7, 11) is 0. The molecular formula is C16H22BrN3. The third-order valence-electron chi connectivity index (χ3n) is 3.22. The van der Waals surface area contributed by atoms with E-state index in [1.165, 1.54) is 11.1 Å². The van der Waals surface area contributed by atoms with E-state index in [4.69, 9.17) is 0 Å². The van der Waals surface area contributed by atoms with Gasteiger partial charge in [0.15, 0.2) is 0 Å². The summed E-state index contributed by atoms with van der Waals surface area (Å²) >= 11 is 3.55. The van der Waals surface area contributed by atoms with Gasteiger partial charge in [-0.1, -0.05) is 41.9 Å². The average molecular weight is 336 g/mol. The van der Waals surface area contributed by atoms with Gasteiger partial charge in [0, 0.05) is 22.8 Å². The van der Waals surface area contributed by atoms with E-state index in [9.17, 15) is 0 Å². The predicted molar refractivity (Wildman–Crippen MR) is 86.8 cm³/mol. The Morgan fingerprint density at radius 1 is 1.25 bits per heavy atom. The average Bonchev–Trinajstić information content (AvgIpc) is 2.88. The van der Waals surface area contributed by atoms with Gasteiger partial charge in [-0.25, -0.2) is 0 Å². The van der Waals surface area contributed by atoms with Crippen molar-refractivity contribution in [3.8, 4) is 0 Å². The first-order valence-corrected chi connectivity index (χ1v) is 8.05. The molecule has 1 aromatic heterocycles. The van der Waals surface area contributed by atoms with Crippen LogP contribution in [-0.2, 0) is 6.54 Å². The summed E-state index contributed by atoms with van der Waals surface area (Å²) < 4.78 is 3.13. The SMILES string of the molecule is CCCNC(c1cccc(Br)c1)c1cnn(CCC)c1. The van der Waals surface area contributed by atoms with E-state index in [0.717, 1.165) is 30.4 Å². The number of halogens is 1. The minimum absolute atomic E-state index is 0.207. The molecular weight excluding hydrogens is 314 g/mol. The number of benzene rings is 1. The highest BCUT2D eigenvalue weighted by atomic mass is 79.9. The lowest BCUT2D eigenvalue weighted by atomic mass is 10.0. The summed E-state index contributed by atoms with van der Waals surface area (Å²) in [5.74, 6) is 0. The third kappa shape index (κ3) is 3.93. The van der Waals surface area contributed by atoms with Gasteiger partial charge in [-0.2, -0.15) is 5.10 Å². The zero-order chi connectivity index (χ0) is 14.4. The first-order chi connectivity index (χ1) is 9.74. The maximum absolute atomic E-state index is 4.45. The van der Waals surface area contributed by atoms with Crippen LogP contribution in [0.5, 0.6) is 0 Å². The molecule has 1 N–H and O–H groups in total. The third-order valence-corrected chi connectivity index (χ3v) is 3.71. The lowest BCUT2D eigenvalue weighted by Gasteiger charge is -2.18. The Hall–Kier alpha value is -1.13. The van der Waals surface area contributed by atoms with Crippen LogP contribution in [0.25, 0.3) is 0 Å². The second-order valence-electron chi connectivity index (χ2n) is 4.98. The van der Waals surface area contributed by atoms with Gasteiger partial charge >= 0.3 is 0 Å². The van der Waals surface area contributed by atoms with Crippen LogP contribution < -0.4 is 5.32 Å². The molecule has 2 rings (SSSR count). The van der Waals surface area contributed by atoms with Crippen LogP contribution in [0.4, 0.5) is 0 Å². The van der Waals surface area contributed by atoms with Gasteiger partial charge in [-0.3, -0.25) is 4.68 Å². The molecule has 108 valence electrons. The lowest BCUT2D eigenvalue weighted by molar-refractivity contribution is 0.588. The molecule has 0 saturated heterocycles. The van der Waals surface area contributed by atoms with Crippen molar-refractivity contribution in [2.45, 2.75) is 39.3 Å². The van der Waals surface area contributed by atoms with E-state index < -0.39 is 0 Å². The van der Waals surface area contributed by atoms with Gasteiger partial charge in [-0.05, 0) is 37.1 Å². The van der Waals surface area contributed by atoms with Crippen LogP contribution in [0.2, 0.25) is 0 Å². The van der Waals surface area contributed by atoms with Crippen molar-refractivity contribution in [3.05, 3.63) is 52.3 Å². The molecule has 4 heteroatoms. The zero-order valence-electron chi connectivity index (χ0n) is 12.1. The second kappa shape index (κ2) is 7.60. The lowest BCUT2D eigenvalue weighted by Crippen LogP contribution is -2.22. The Labute approximate surface area is 129 Å². The molecule has 0 fully saturated rings. The fourth-order valence-corrected chi connectivity index (χ4v) is 2.70. The number of nitrogens with zero attached hydrogens (tertiary/aromatic N) is 2. The molecule has 1 heterocycles. The van der Waals surface area contributed by atoms with Crippen molar-refractivity contribution in [2.24, 2.45) is 0 Å². The minimum Gasteiger partial charge on any atom is -0.306 e. The predicted octanol–water partition coefficient (Wildman–Crippen LogP) is 4.14. The maximum Gasteiger partial charge on any atom is 0.0608 e. The molecule has 2 aromatic rings. The zero-order valence-corrected chi connectivity index (χ0v) is 13.7. The highest BCUT2D eigenvalue weighted by molar-refractivity contribution is 9.10. The highest BCUT2D eigenvalue weighted by Gasteiger charge is 2.15. The Bertz CT molecular complexity index is 536. The van der Waals surface area contributed by atoms with Gasteiger partial charge in [0.1, 0.15) is 0 Å². The van der Waals surface area contributed by atoms with Gasteiger partial charge in [0.2, 0.25) is 0 Å². The number of hydrogen-bond acceptors (Lipinski definition) is 2. The smallest absolute Gasteiger partial charge is 0.0608 e. The molecule has 0 bridgehead atoms. The van der Waals surface area contributed by atoms with Crippen molar-refractivity contribution < 1.29 is 0 Å². The number of hydrogen-bond donors (Lipinski definition) is 1. The Balaban J connectivity index is 2.26. The molecule has 0 spiro atoms. The van der Waals surface area contributed by atoms with Crippen LogP contribution >= 0.6 is 15.9 Å². The molecule has 0 aliphatic carbocycles. The van der Waals surface area contributed by atoms with Crippen molar-refractivity contribution >= 4 is 15.9 Å². The van der Waals surface area contributed by atoms with Crippen LogP contribution in [0.15, 0.2) is 41.1 Å². The topological polar surface area (TPSA) is 29.9 Å². The minimum atomic E-state index is 0.207. The van der Waals surface area contributed by atoms with E-state index in [0.29, 0.717) is 0 Å². The van der Waals surface area contributed by atoms with Gasteiger partial charge in [0.05, 0.1) is 12.2 Å². The fourth-order valence-electron chi connectivity index (χ4n) is 2.28. The van der Waals surface area contributed by atoms with Gasteiger partial charge in [0.25, 0.3) is 0 Å². The fraction of sp³-hybridized carbons (Fsp3) is 0.438. The summed E-state index contributed by atoms with van der Waals surface area (Å²) in [6, 6.07) is 8.68. The molecule has 0 amide bonds. The van der Waals surface area contributed by atoms with Gasteiger partial charge in [-0.15, -0.1) is 0 Å². The molecule has 1 atom stereocenters. The van der Waals surface area contributed by atoms with E-state index in [1.54, 1.807) is 0 Å². The van der Waals surface area contributed by atoms with E-state index in [-0.39, 0.29) is 6.04 Å². The van der Waals surface area contributed by atoms with Crippen molar-refractivity contribution in [3.63, 3.8) is 0 Å². The van der Waals surface area contributed by atoms with E-state index in [2.05, 4.69) is 70.7 Å². The Kier molecular flexibility index (Phi) is 5.80. The molecule has 1 aromatic carbocycles. The van der Waals surface area contributed by atoms with Gasteiger partial charge < -0.3 is 5.32 Å². The van der Waals surface area contributed by atoms with E-state index >= 15 is 0 Å². The first-order valence-electron chi connectivity index (χ1n) is 7.25. The monoisotopic (exact) mass is 335 g/mol. The molecule has 1 unspecified atom stereocenters. The number of aryl methyl sites for hydroxylation is 1. The largest absolute Gasteiger partial charge is 0.306 e. The Morgan fingerprint density at radius 3 is 2.80 bits per heavy atom. The van der Waals surface area contributed by atoms with Crippen LogP contribution in [0.3, 0.4) is 0 Å². The summed E-state index contributed by atoms with van der Waals surface area (Å²) in [5.41, 5.74) is 2.49. The van der Waals surface area contributed by atoms with Crippen LogP contribution in [-0.4, -0.2) is 16.3 Å². The standard InChI is InChI=1S/C16H22BrN3/c1-3-8-18-16(13-6-5-7-15(17)10-13)14-11-19-20(12-14)9-4-2/h5-7,10-12,16,18H,3-4,8-9H2,1-2H3. The van der Waals surface area contributed by atoms with E-state index in [1.807, 2.05) is 10.9 Å². The molecule has 0 saturated carbocycles.